The van der Waals surface area contributed by atoms with Gasteiger partial charge in [0, 0.05) is 10.5 Å². The van der Waals surface area contributed by atoms with Gasteiger partial charge in [-0.15, -0.1) is 0 Å². The molecule has 1 nitrogen and oxygen atoms in total. The summed E-state index contributed by atoms with van der Waals surface area (Å²) in [4.78, 5) is 0. The van der Waals surface area contributed by atoms with Crippen LogP contribution in [0.5, 0.6) is 0 Å². The third-order valence-corrected chi connectivity index (χ3v) is 3.58. The highest BCUT2D eigenvalue weighted by atomic mass is 79.9. The minimum atomic E-state index is 0.299. The molecule has 0 radical (unpaired) electrons. The van der Waals surface area contributed by atoms with Crippen LogP contribution in [0.25, 0.3) is 0 Å². The van der Waals surface area contributed by atoms with Gasteiger partial charge in [-0.3, -0.25) is 0 Å². The quantitative estimate of drug-likeness (QED) is 0.887. The standard InChI is InChI=1S/C13H20BrN/c1-9(7-10(2)15)8-12-5-4-6-13(14)11(12)3/h4-6,9-10H,7-8,15H2,1-3H3. The average Bonchev–Trinajstić information content (AvgIpc) is 2.11. The molecule has 1 rings (SSSR count). The second-order valence-electron chi connectivity index (χ2n) is 4.55. The van der Waals surface area contributed by atoms with Crippen LogP contribution < -0.4 is 5.73 Å². The molecule has 0 bridgehead atoms. The Bertz CT molecular complexity index is 320. The summed E-state index contributed by atoms with van der Waals surface area (Å²) in [5.74, 6) is 0.651. The Morgan fingerprint density at radius 3 is 2.60 bits per heavy atom. The van der Waals surface area contributed by atoms with Crippen LogP contribution in [-0.4, -0.2) is 6.04 Å². The third kappa shape index (κ3) is 3.96. The van der Waals surface area contributed by atoms with Crippen molar-refractivity contribution in [3.63, 3.8) is 0 Å². The summed E-state index contributed by atoms with van der Waals surface area (Å²) >= 11 is 3.56. The molecule has 84 valence electrons. The highest BCUT2D eigenvalue weighted by Gasteiger charge is 2.09. The lowest BCUT2D eigenvalue weighted by Crippen LogP contribution is -2.19. The van der Waals surface area contributed by atoms with Gasteiger partial charge < -0.3 is 5.73 Å². The maximum Gasteiger partial charge on any atom is 0.0207 e. The van der Waals surface area contributed by atoms with Gasteiger partial charge in [-0.1, -0.05) is 35.0 Å². The van der Waals surface area contributed by atoms with Crippen molar-refractivity contribution in [2.75, 3.05) is 0 Å². The van der Waals surface area contributed by atoms with Crippen molar-refractivity contribution in [1.82, 2.24) is 0 Å². The summed E-state index contributed by atoms with van der Waals surface area (Å²) in [7, 11) is 0. The summed E-state index contributed by atoms with van der Waals surface area (Å²) in [5, 5.41) is 0. The fraction of sp³-hybridized carbons (Fsp3) is 0.538. The van der Waals surface area contributed by atoms with E-state index in [2.05, 4.69) is 54.9 Å². The van der Waals surface area contributed by atoms with E-state index in [1.807, 2.05) is 0 Å². The number of benzene rings is 1. The molecule has 0 aliphatic carbocycles. The van der Waals surface area contributed by atoms with E-state index in [4.69, 9.17) is 5.73 Å². The van der Waals surface area contributed by atoms with Gasteiger partial charge in [0.1, 0.15) is 0 Å². The van der Waals surface area contributed by atoms with E-state index < -0.39 is 0 Å². The molecule has 1 aromatic rings. The van der Waals surface area contributed by atoms with Crippen LogP contribution in [0.4, 0.5) is 0 Å². The van der Waals surface area contributed by atoms with E-state index in [0.717, 1.165) is 12.8 Å². The zero-order chi connectivity index (χ0) is 11.4. The van der Waals surface area contributed by atoms with Crippen LogP contribution in [0.3, 0.4) is 0 Å². The van der Waals surface area contributed by atoms with Crippen LogP contribution in [-0.2, 0) is 6.42 Å². The maximum atomic E-state index is 5.81. The Hall–Kier alpha value is -0.340. The molecule has 2 atom stereocenters. The van der Waals surface area contributed by atoms with Crippen molar-refractivity contribution in [3.05, 3.63) is 33.8 Å². The minimum Gasteiger partial charge on any atom is -0.328 e. The average molecular weight is 270 g/mol. The van der Waals surface area contributed by atoms with Crippen molar-refractivity contribution >= 4 is 15.9 Å². The van der Waals surface area contributed by atoms with Crippen molar-refractivity contribution < 1.29 is 0 Å². The van der Waals surface area contributed by atoms with Gasteiger partial charge in [-0.2, -0.15) is 0 Å². The zero-order valence-corrected chi connectivity index (χ0v) is 11.3. The Morgan fingerprint density at radius 2 is 2.00 bits per heavy atom. The first-order valence-electron chi connectivity index (χ1n) is 5.50. The Kier molecular flexibility index (Phi) is 4.81. The van der Waals surface area contributed by atoms with E-state index in [9.17, 15) is 0 Å². The van der Waals surface area contributed by atoms with Crippen molar-refractivity contribution in [1.29, 1.82) is 0 Å². The Labute approximate surface area is 101 Å². The minimum absolute atomic E-state index is 0.299. The second-order valence-corrected chi connectivity index (χ2v) is 5.40. The maximum absolute atomic E-state index is 5.81. The van der Waals surface area contributed by atoms with Crippen LogP contribution in [0, 0.1) is 12.8 Å². The van der Waals surface area contributed by atoms with Crippen LogP contribution >= 0.6 is 15.9 Å². The molecule has 2 N–H and O–H groups in total. The molecular weight excluding hydrogens is 250 g/mol. The Balaban J connectivity index is 2.68. The number of halogens is 1. The smallest absolute Gasteiger partial charge is 0.0207 e. The van der Waals surface area contributed by atoms with Crippen LogP contribution in [0.15, 0.2) is 22.7 Å². The normalized spacial score (nSPS) is 15.0. The largest absolute Gasteiger partial charge is 0.328 e. The van der Waals surface area contributed by atoms with Gasteiger partial charge in [0.2, 0.25) is 0 Å². The summed E-state index contributed by atoms with van der Waals surface area (Å²) < 4.78 is 1.20. The van der Waals surface area contributed by atoms with E-state index in [1.54, 1.807) is 0 Å². The van der Waals surface area contributed by atoms with Gasteiger partial charge in [0.15, 0.2) is 0 Å². The van der Waals surface area contributed by atoms with Crippen LogP contribution in [0.2, 0.25) is 0 Å². The van der Waals surface area contributed by atoms with E-state index in [1.165, 1.54) is 15.6 Å². The van der Waals surface area contributed by atoms with Crippen molar-refractivity contribution in [2.45, 2.75) is 39.7 Å². The molecule has 2 heteroatoms. The van der Waals surface area contributed by atoms with Gasteiger partial charge in [0.05, 0.1) is 0 Å². The molecule has 0 saturated carbocycles. The summed E-state index contributed by atoms with van der Waals surface area (Å²) in [6.07, 6.45) is 2.21. The van der Waals surface area contributed by atoms with E-state index in [-0.39, 0.29) is 0 Å². The lowest BCUT2D eigenvalue weighted by atomic mass is 9.93. The molecule has 0 aromatic heterocycles. The number of nitrogens with two attached hydrogens (primary N) is 1. The fourth-order valence-electron chi connectivity index (χ4n) is 1.97. The number of hydrogen-bond acceptors (Lipinski definition) is 1. The zero-order valence-electron chi connectivity index (χ0n) is 9.76. The highest BCUT2D eigenvalue weighted by molar-refractivity contribution is 9.10. The van der Waals surface area contributed by atoms with E-state index >= 15 is 0 Å². The first-order valence-corrected chi connectivity index (χ1v) is 6.29. The molecule has 2 unspecified atom stereocenters. The molecule has 0 amide bonds. The summed E-state index contributed by atoms with van der Waals surface area (Å²) in [5.41, 5.74) is 8.59. The van der Waals surface area contributed by atoms with Gasteiger partial charge in [-0.25, -0.2) is 0 Å². The molecule has 0 aliphatic heterocycles. The highest BCUT2D eigenvalue weighted by Crippen LogP contribution is 2.22. The first-order chi connectivity index (χ1) is 7.00. The molecular formula is C13H20BrN. The predicted octanol–water partition coefficient (Wildman–Crippen LogP) is 3.67. The molecule has 0 saturated heterocycles. The molecule has 0 spiro atoms. The van der Waals surface area contributed by atoms with E-state index in [0.29, 0.717) is 12.0 Å². The molecule has 1 aromatic carbocycles. The molecule has 15 heavy (non-hydrogen) atoms. The van der Waals surface area contributed by atoms with Crippen molar-refractivity contribution in [2.24, 2.45) is 11.7 Å². The van der Waals surface area contributed by atoms with Crippen LogP contribution in [0.1, 0.15) is 31.4 Å². The van der Waals surface area contributed by atoms with Crippen molar-refractivity contribution in [3.8, 4) is 0 Å². The fourth-order valence-corrected chi connectivity index (χ4v) is 2.37. The predicted molar refractivity (Wildman–Crippen MR) is 70.0 cm³/mol. The lowest BCUT2D eigenvalue weighted by Gasteiger charge is -2.15. The lowest BCUT2D eigenvalue weighted by molar-refractivity contribution is 0.479. The SMILES string of the molecule is Cc1c(Br)cccc1CC(C)CC(C)N. The number of rotatable bonds is 4. The monoisotopic (exact) mass is 269 g/mol. The number of hydrogen-bond donors (Lipinski definition) is 1. The topological polar surface area (TPSA) is 26.0 Å². The molecule has 0 aliphatic rings. The molecule has 0 heterocycles. The first kappa shape index (κ1) is 12.7. The second kappa shape index (κ2) is 5.66. The summed E-state index contributed by atoms with van der Waals surface area (Å²) in [6, 6.07) is 6.70. The Morgan fingerprint density at radius 1 is 1.33 bits per heavy atom. The molecule has 0 fully saturated rings. The van der Waals surface area contributed by atoms with Gasteiger partial charge in [0.25, 0.3) is 0 Å². The third-order valence-electron chi connectivity index (χ3n) is 2.72. The summed E-state index contributed by atoms with van der Waals surface area (Å²) in [6.45, 7) is 6.51. The van der Waals surface area contributed by atoms with Gasteiger partial charge >= 0.3 is 0 Å². The van der Waals surface area contributed by atoms with Gasteiger partial charge in [-0.05, 0) is 49.8 Å².